The minimum atomic E-state index is 0.162. The third kappa shape index (κ3) is 1.74. The second-order valence-corrected chi connectivity index (χ2v) is 9.27. The van der Waals surface area contributed by atoms with Crippen molar-refractivity contribution in [1.82, 2.24) is 9.80 Å². The standard InChI is InChI=1S/C22H30N2O2/c1-14-10-15-11-18-22(3)19(13-21(22,2)16(15)12-17(14)26-4)24(18)20(25)23-8-6-5-7-9-23/h10,12,18-19H,5-9,11,13H2,1-4H3/t18-,19?,21+,22?/m0/s1. The number of nitrogens with zero attached hydrogens (tertiary/aromatic N) is 2. The molecule has 1 saturated carbocycles. The zero-order valence-corrected chi connectivity index (χ0v) is 16.5. The Morgan fingerprint density at radius 1 is 1.15 bits per heavy atom. The molecular weight excluding hydrogens is 324 g/mol. The Hall–Kier alpha value is -1.71. The van der Waals surface area contributed by atoms with Crippen molar-refractivity contribution in [2.75, 3.05) is 20.2 Å². The molecule has 140 valence electrons. The van der Waals surface area contributed by atoms with E-state index in [0.29, 0.717) is 18.1 Å². The number of likely N-dealkylation sites (tertiary alicyclic amines) is 2. The van der Waals surface area contributed by atoms with Crippen molar-refractivity contribution in [1.29, 1.82) is 0 Å². The molecule has 4 atom stereocenters. The number of aryl methyl sites for hydroxylation is 1. The maximum absolute atomic E-state index is 13.2. The monoisotopic (exact) mass is 354 g/mol. The summed E-state index contributed by atoms with van der Waals surface area (Å²) in [5.74, 6) is 0.996. The maximum Gasteiger partial charge on any atom is 0.320 e. The number of carbonyl (C=O) groups is 1. The van der Waals surface area contributed by atoms with E-state index in [1.165, 1.54) is 23.1 Å². The van der Waals surface area contributed by atoms with Gasteiger partial charge in [0.1, 0.15) is 5.75 Å². The number of fused-ring (bicyclic) bond motifs is 2. The van der Waals surface area contributed by atoms with Gasteiger partial charge >= 0.3 is 6.03 Å². The Morgan fingerprint density at radius 2 is 1.88 bits per heavy atom. The number of rotatable bonds is 1. The minimum absolute atomic E-state index is 0.162. The van der Waals surface area contributed by atoms with Crippen molar-refractivity contribution in [2.45, 2.75) is 70.4 Å². The molecule has 2 unspecified atom stereocenters. The number of carbonyl (C=O) groups excluding carboxylic acids is 1. The topological polar surface area (TPSA) is 32.8 Å². The summed E-state index contributed by atoms with van der Waals surface area (Å²) in [5.41, 5.74) is 4.45. The normalized spacial score (nSPS) is 37.2. The average Bonchev–Trinajstić information content (AvgIpc) is 2.65. The average molecular weight is 354 g/mol. The summed E-state index contributed by atoms with van der Waals surface area (Å²) in [6.07, 6.45) is 5.65. The molecular formula is C22H30N2O2. The van der Waals surface area contributed by atoms with Crippen LogP contribution in [0.5, 0.6) is 5.75 Å². The molecule has 2 heterocycles. The number of amides is 2. The van der Waals surface area contributed by atoms with Crippen LogP contribution in [-0.4, -0.2) is 48.1 Å². The summed E-state index contributed by atoms with van der Waals surface area (Å²) in [5, 5.41) is 0. The maximum atomic E-state index is 13.2. The summed E-state index contributed by atoms with van der Waals surface area (Å²) in [6, 6.07) is 5.63. The zero-order chi connectivity index (χ0) is 18.3. The number of urea groups is 1. The van der Waals surface area contributed by atoms with Crippen LogP contribution >= 0.6 is 0 Å². The molecule has 0 aromatic heterocycles. The first kappa shape index (κ1) is 16.5. The van der Waals surface area contributed by atoms with E-state index in [0.717, 1.165) is 44.5 Å². The lowest BCUT2D eigenvalue weighted by atomic mass is 9.35. The van der Waals surface area contributed by atoms with E-state index in [2.05, 4.69) is 42.7 Å². The second-order valence-electron chi connectivity index (χ2n) is 9.27. The second kappa shape index (κ2) is 5.17. The van der Waals surface area contributed by atoms with E-state index in [1.54, 1.807) is 7.11 Å². The molecule has 4 aliphatic rings. The molecule has 2 saturated heterocycles. The molecule has 1 aromatic carbocycles. The van der Waals surface area contributed by atoms with Crippen LogP contribution in [0.25, 0.3) is 0 Å². The molecule has 2 amide bonds. The van der Waals surface area contributed by atoms with Gasteiger partial charge in [0, 0.05) is 36.0 Å². The Kier molecular flexibility index (Phi) is 3.28. The predicted octanol–water partition coefficient (Wildman–Crippen LogP) is 3.89. The molecule has 4 nitrogen and oxygen atoms in total. The molecule has 0 spiro atoms. The van der Waals surface area contributed by atoms with Gasteiger partial charge in [-0.15, -0.1) is 0 Å². The molecule has 0 radical (unpaired) electrons. The number of ether oxygens (including phenoxy) is 1. The highest BCUT2D eigenvalue weighted by Gasteiger charge is 2.77. The zero-order valence-electron chi connectivity index (χ0n) is 16.5. The van der Waals surface area contributed by atoms with Gasteiger partial charge in [0.05, 0.1) is 7.11 Å². The Labute approximate surface area is 156 Å². The van der Waals surface area contributed by atoms with E-state index in [1.807, 2.05) is 0 Å². The van der Waals surface area contributed by atoms with E-state index in [4.69, 9.17) is 4.74 Å². The van der Waals surface area contributed by atoms with Gasteiger partial charge in [-0.1, -0.05) is 19.9 Å². The van der Waals surface area contributed by atoms with Crippen molar-refractivity contribution in [3.63, 3.8) is 0 Å². The summed E-state index contributed by atoms with van der Waals surface area (Å²) in [4.78, 5) is 17.6. The molecule has 0 bridgehead atoms. The van der Waals surface area contributed by atoms with Crippen LogP contribution in [-0.2, 0) is 11.8 Å². The largest absolute Gasteiger partial charge is 0.496 e. The van der Waals surface area contributed by atoms with Crippen LogP contribution in [0.2, 0.25) is 0 Å². The molecule has 26 heavy (non-hydrogen) atoms. The van der Waals surface area contributed by atoms with Gasteiger partial charge in [0.2, 0.25) is 0 Å². The fourth-order valence-corrected chi connectivity index (χ4v) is 6.54. The van der Waals surface area contributed by atoms with Gasteiger partial charge < -0.3 is 14.5 Å². The minimum Gasteiger partial charge on any atom is -0.496 e. The van der Waals surface area contributed by atoms with Crippen LogP contribution < -0.4 is 4.74 Å². The lowest BCUT2D eigenvalue weighted by Crippen LogP contribution is -2.87. The Morgan fingerprint density at radius 3 is 2.58 bits per heavy atom. The van der Waals surface area contributed by atoms with Gasteiger partial charge in [-0.2, -0.15) is 0 Å². The quantitative estimate of drug-likeness (QED) is 0.766. The van der Waals surface area contributed by atoms with E-state index in [9.17, 15) is 4.79 Å². The van der Waals surface area contributed by atoms with Gasteiger partial charge in [0.25, 0.3) is 0 Å². The molecule has 2 aliphatic carbocycles. The molecule has 1 aromatic rings. The van der Waals surface area contributed by atoms with Crippen LogP contribution in [0.1, 0.15) is 56.2 Å². The SMILES string of the molecule is COc1cc2c(cc1C)C[C@@H]1N(C(=O)N3CCCCC3)C3C[C@@]2(C)C31C. The van der Waals surface area contributed by atoms with Gasteiger partial charge in [-0.3, -0.25) is 0 Å². The van der Waals surface area contributed by atoms with Gasteiger partial charge in [0.15, 0.2) is 0 Å². The summed E-state index contributed by atoms with van der Waals surface area (Å²) in [7, 11) is 1.76. The lowest BCUT2D eigenvalue weighted by Gasteiger charge is -2.79. The van der Waals surface area contributed by atoms with E-state index >= 15 is 0 Å². The van der Waals surface area contributed by atoms with E-state index in [-0.39, 0.29) is 10.8 Å². The number of hydrogen-bond donors (Lipinski definition) is 0. The number of benzene rings is 1. The van der Waals surface area contributed by atoms with E-state index < -0.39 is 0 Å². The fraction of sp³-hybridized carbons (Fsp3) is 0.682. The van der Waals surface area contributed by atoms with Crippen molar-refractivity contribution in [2.24, 2.45) is 5.41 Å². The Bertz CT molecular complexity index is 785. The number of piperidine rings is 2. The van der Waals surface area contributed by atoms with Crippen LogP contribution in [0.4, 0.5) is 4.79 Å². The van der Waals surface area contributed by atoms with Crippen molar-refractivity contribution in [3.05, 3.63) is 28.8 Å². The van der Waals surface area contributed by atoms with Crippen molar-refractivity contribution in [3.8, 4) is 5.75 Å². The third-order valence-electron chi connectivity index (χ3n) is 8.32. The fourth-order valence-electron chi connectivity index (χ4n) is 6.54. The highest BCUT2D eigenvalue weighted by atomic mass is 16.5. The molecule has 5 rings (SSSR count). The molecule has 4 heteroatoms. The summed E-state index contributed by atoms with van der Waals surface area (Å²) >= 11 is 0. The number of hydrogen-bond acceptors (Lipinski definition) is 2. The van der Waals surface area contributed by atoms with Crippen molar-refractivity contribution < 1.29 is 9.53 Å². The van der Waals surface area contributed by atoms with Crippen LogP contribution in [0.15, 0.2) is 12.1 Å². The predicted molar refractivity (Wildman–Crippen MR) is 102 cm³/mol. The van der Waals surface area contributed by atoms with Gasteiger partial charge in [-0.25, -0.2) is 4.79 Å². The first-order valence-electron chi connectivity index (χ1n) is 10.2. The molecule has 2 aliphatic heterocycles. The molecule has 3 fully saturated rings. The van der Waals surface area contributed by atoms with Crippen LogP contribution in [0.3, 0.4) is 0 Å². The molecule has 0 N–H and O–H groups in total. The van der Waals surface area contributed by atoms with Crippen LogP contribution in [0, 0.1) is 12.3 Å². The highest BCUT2D eigenvalue weighted by molar-refractivity contribution is 5.78. The Balaban J connectivity index is 1.50. The summed E-state index contributed by atoms with van der Waals surface area (Å²) in [6.45, 7) is 8.83. The highest BCUT2D eigenvalue weighted by Crippen LogP contribution is 2.72. The number of methoxy groups -OCH3 is 1. The van der Waals surface area contributed by atoms with Gasteiger partial charge in [-0.05, 0) is 61.8 Å². The summed E-state index contributed by atoms with van der Waals surface area (Å²) < 4.78 is 5.60. The first-order chi connectivity index (χ1) is 12.4. The first-order valence-corrected chi connectivity index (χ1v) is 10.2. The lowest BCUT2D eigenvalue weighted by molar-refractivity contribution is -0.233. The van der Waals surface area contributed by atoms with Crippen molar-refractivity contribution >= 4 is 6.03 Å². The third-order valence-corrected chi connectivity index (χ3v) is 8.32. The smallest absolute Gasteiger partial charge is 0.320 e.